The molecular weight excluding hydrogens is 464 g/mol. The fraction of sp³-hybridized carbons (Fsp3) is 1.00. The van der Waals surface area contributed by atoms with Gasteiger partial charge in [-0.1, -0.05) is 206 Å². The summed E-state index contributed by atoms with van der Waals surface area (Å²) in [6.45, 7) is 4.62. The summed E-state index contributed by atoms with van der Waals surface area (Å²) >= 11 is 2.23. The van der Waals surface area contributed by atoms with E-state index in [-0.39, 0.29) is 0 Å². The van der Waals surface area contributed by atoms with E-state index in [1.165, 1.54) is 217 Å². The van der Waals surface area contributed by atoms with E-state index < -0.39 is 0 Å². The van der Waals surface area contributed by atoms with E-state index in [1.807, 2.05) is 0 Å². The van der Waals surface area contributed by atoms with Crippen molar-refractivity contribution in [3.05, 3.63) is 0 Å². The Balaban J connectivity index is 3.00. The van der Waals surface area contributed by atoms with E-state index in [0.717, 1.165) is 0 Å². The third-order valence-electron chi connectivity index (χ3n) is 8.28. The Hall–Kier alpha value is 0.350. The first kappa shape index (κ1) is 37.4. The quantitative estimate of drug-likeness (QED) is 0.0734. The van der Waals surface area contributed by atoms with Crippen molar-refractivity contribution in [3.63, 3.8) is 0 Å². The smallest absolute Gasteiger partial charge is 0.00675 e. The van der Waals surface area contributed by atoms with Crippen molar-refractivity contribution in [1.82, 2.24) is 0 Å². The lowest BCUT2D eigenvalue weighted by atomic mass is 10.0. The molecule has 0 radical (unpaired) electrons. The highest BCUT2D eigenvalue weighted by atomic mass is 32.2. The Bertz CT molecular complexity index is 332. The van der Waals surface area contributed by atoms with Crippen molar-refractivity contribution < 1.29 is 0 Å². The zero-order chi connectivity index (χ0) is 26.7. The lowest BCUT2D eigenvalue weighted by molar-refractivity contribution is 0.531. The van der Waals surface area contributed by atoms with Crippen LogP contribution in [-0.4, -0.2) is 11.5 Å². The molecule has 0 aromatic heterocycles. The molecule has 0 aliphatic carbocycles. The van der Waals surface area contributed by atoms with Gasteiger partial charge in [-0.05, 0) is 24.3 Å². The minimum atomic E-state index is 1.37. The van der Waals surface area contributed by atoms with Gasteiger partial charge in [0.15, 0.2) is 0 Å². The van der Waals surface area contributed by atoms with Gasteiger partial charge in [0.25, 0.3) is 0 Å². The first-order chi connectivity index (χ1) is 18.4. The molecule has 0 rings (SSSR count). The van der Waals surface area contributed by atoms with Crippen LogP contribution in [0.4, 0.5) is 0 Å². The van der Waals surface area contributed by atoms with Gasteiger partial charge in [0.1, 0.15) is 0 Å². The van der Waals surface area contributed by atoms with E-state index in [4.69, 9.17) is 0 Å². The van der Waals surface area contributed by atoms with Crippen LogP contribution in [0.25, 0.3) is 0 Å². The van der Waals surface area contributed by atoms with Crippen LogP contribution in [0.5, 0.6) is 0 Å². The number of rotatable bonds is 34. The second-order valence-electron chi connectivity index (χ2n) is 12.2. The van der Waals surface area contributed by atoms with Gasteiger partial charge >= 0.3 is 0 Å². The molecule has 0 aliphatic rings. The number of hydrogen-bond donors (Lipinski definition) is 0. The maximum atomic E-state index is 2.31. The van der Waals surface area contributed by atoms with Gasteiger partial charge in [0, 0.05) is 0 Å². The minimum Gasteiger partial charge on any atom is -0.162 e. The summed E-state index contributed by atoms with van der Waals surface area (Å²) in [4.78, 5) is 0. The number of thioether (sulfide) groups is 1. The average Bonchev–Trinajstić information content (AvgIpc) is 2.91. The molecule has 0 aliphatic heterocycles. The van der Waals surface area contributed by atoms with Crippen LogP contribution in [0.2, 0.25) is 0 Å². The monoisotopic (exact) mass is 539 g/mol. The van der Waals surface area contributed by atoms with Crippen molar-refractivity contribution >= 4 is 11.8 Å². The van der Waals surface area contributed by atoms with Crippen LogP contribution in [0.3, 0.4) is 0 Å². The number of hydrogen-bond acceptors (Lipinski definition) is 1. The van der Waals surface area contributed by atoms with Gasteiger partial charge in [-0.3, -0.25) is 0 Å². The highest BCUT2D eigenvalue weighted by Gasteiger charge is 1.97. The third-order valence-corrected chi connectivity index (χ3v) is 9.44. The van der Waals surface area contributed by atoms with Gasteiger partial charge in [0.05, 0.1) is 0 Å². The van der Waals surface area contributed by atoms with Gasteiger partial charge in [-0.25, -0.2) is 0 Å². The lowest BCUT2D eigenvalue weighted by Gasteiger charge is -2.05. The molecule has 0 nitrogen and oxygen atoms in total. The zero-order valence-electron chi connectivity index (χ0n) is 26.4. The summed E-state index contributed by atoms with van der Waals surface area (Å²) in [5.74, 6) is 2.83. The summed E-state index contributed by atoms with van der Waals surface area (Å²) in [6, 6.07) is 0. The second-order valence-corrected chi connectivity index (χ2v) is 13.4. The Morgan fingerprint density at radius 3 is 0.568 bits per heavy atom. The van der Waals surface area contributed by atoms with E-state index in [2.05, 4.69) is 25.6 Å². The number of unbranched alkanes of at least 4 members (excludes halogenated alkanes) is 30. The maximum Gasteiger partial charge on any atom is -0.00675 e. The molecule has 0 spiro atoms. The topological polar surface area (TPSA) is 0 Å². The van der Waals surface area contributed by atoms with Crippen LogP contribution >= 0.6 is 11.8 Å². The SMILES string of the molecule is CCCCCCCCCCCCCCCCCCSCCCCCCCCCCCCCCCCCC. The van der Waals surface area contributed by atoms with Crippen molar-refractivity contribution in [2.45, 2.75) is 219 Å². The Kier molecular flexibility index (Phi) is 36.7. The predicted molar refractivity (Wildman–Crippen MR) is 176 cm³/mol. The van der Waals surface area contributed by atoms with E-state index in [0.29, 0.717) is 0 Å². The van der Waals surface area contributed by atoms with E-state index >= 15 is 0 Å². The molecule has 0 amide bonds. The average molecular weight is 539 g/mol. The summed E-state index contributed by atoms with van der Waals surface area (Å²) in [6.07, 6.45) is 47.2. The predicted octanol–water partition coefficient (Wildman–Crippen LogP) is 14.2. The molecule has 0 N–H and O–H groups in total. The van der Waals surface area contributed by atoms with Gasteiger partial charge in [0.2, 0.25) is 0 Å². The summed E-state index contributed by atoms with van der Waals surface area (Å²) in [5.41, 5.74) is 0. The molecule has 0 bridgehead atoms. The van der Waals surface area contributed by atoms with Gasteiger partial charge in [-0.15, -0.1) is 0 Å². The standard InChI is InChI=1S/C36H74S/c1-3-5-7-9-11-13-15-17-19-21-23-25-27-29-31-33-35-37-36-34-32-30-28-26-24-22-20-18-16-14-12-10-8-6-4-2/h3-36H2,1-2H3. The normalized spacial score (nSPS) is 11.5. The zero-order valence-corrected chi connectivity index (χ0v) is 27.3. The minimum absolute atomic E-state index is 1.37. The maximum absolute atomic E-state index is 2.31. The second kappa shape index (κ2) is 36.4. The molecule has 0 saturated heterocycles. The lowest BCUT2D eigenvalue weighted by Crippen LogP contribution is -1.87. The van der Waals surface area contributed by atoms with Crippen molar-refractivity contribution in [2.24, 2.45) is 0 Å². The Morgan fingerprint density at radius 2 is 0.378 bits per heavy atom. The molecule has 37 heavy (non-hydrogen) atoms. The molecule has 0 heterocycles. The van der Waals surface area contributed by atoms with Crippen molar-refractivity contribution in [2.75, 3.05) is 11.5 Å². The van der Waals surface area contributed by atoms with Crippen molar-refractivity contribution in [3.8, 4) is 0 Å². The molecule has 0 aromatic carbocycles. The fourth-order valence-electron chi connectivity index (χ4n) is 5.61. The molecule has 0 atom stereocenters. The molecule has 0 aromatic rings. The first-order valence-corrected chi connectivity index (χ1v) is 19.1. The van der Waals surface area contributed by atoms with Crippen molar-refractivity contribution in [1.29, 1.82) is 0 Å². The molecular formula is C36H74S. The Labute approximate surface area is 242 Å². The molecule has 0 saturated carbocycles. The summed E-state index contributed by atoms with van der Waals surface area (Å²) in [7, 11) is 0. The summed E-state index contributed by atoms with van der Waals surface area (Å²) < 4.78 is 0. The van der Waals surface area contributed by atoms with E-state index in [1.54, 1.807) is 0 Å². The Morgan fingerprint density at radius 1 is 0.216 bits per heavy atom. The molecule has 0 fully saturated rings. The van der Waals surface area contributed by atoms with Crippen LogP contribution in [0.1, 0.15) is 219 Å². The molecule has 1 heteroatoms. The van der Waals surface area contributed by atoms with Crippen LogP contribution in [-0.2, 0) is 0 Å². The van der Waals surface area contributed by atoms with Gasteiger partial charge in [-0.2, -0.15) is 11.8 Å². The van der Waals surface area contributed by atoms with Crippen LogP contribution < -0.4 is 0 Å². The summed E-state index contributed by atoms with van der Waals surface area (Å²) in [5, 5.41) is 0. The highest BCUT2D eigenvalue weighted by molar-refractivity contribution is 7.99. The molecule has 0 unspecified atom stereocenters. The highest BCUT2D eigenvalue weighted by Crippen LogP contribution is 2.17. The fourth-order valence-corrected chi connectivity index (χ4v) is 6.63. The van der Waals surface area contributed by atoms with E-state index in [9.17, 15) is 0 Å². The third kappa shape index (κ3) is 36.4. The first-order valence-electron chi connectivity index (χ1n) is 18.0. The van der Waals surface area contributed by atoms with Crippen LogP contribution in [0, 0.1) is 0 Å². The molecule has 224 valence electrons. The largest absolute Gasteiger partial charge is 0.162 e. The van der Waals surface area contributed by atoms with Crippen LogP contribution in [0.15, 0.2) is 0 Å². The van der Waals surface area contributed by atoms with Gasteiger partial charge < -0.3 is 0 Å².